The van der Waals surface area contributed by atoms with Gasteiger partial charge in [-0.15, -0.1) is 0 Å². The molecular formula is C31H25N5OS3. The number of fused-ring (bicyclic) bond motifs is 1. The van der Waals surface area contributed by atoms with Crippen LogP contribution in [0.25, 0.3) is 22.2 Å². The molecule has 1 aliphatic heterocycles. The van der Waals surface area contributed by atoms with E-state index in [4.69, 9.17) is 12.2 Å². The van der Waals surface area contributed by atoms with Crippen LogP contribution in [0, 0.1) is 13.8 Å². The molecule has 1 fully saturated rings. The Balaban J connectivity index is 1.36. The third-order valence-electron chi connectivity index (χ3n) is 6.79. The van der Waals surface area contributed by atoms with Crippen LogP contribution in [-0.2, 0) is 4.79 Å². The largest absolute Gasteiger partial charge is 0.311 e. The molecule has 5 aromatic rings. The van der Waals surface area contributed by atoms with E-state index in [9.17, 15) is 4.79 Å². The van der Waals surface area contributed by atoms with Crippen molar-refractivity contribution in [2.75, 3.05) is 11.4 Å². The molecule has 1 aliphatic rings. The van der Waals surface area contributed by atoms with Gasteiger partial charge in [0.05, 0.1) is 17.4 Å². The van der Waals surface area contributed by atoms with Gasteiger partial charge < -0.3 is 4.90 Å². The highest BCUT2D eigenvalue weighted by Crippen LogP contribution is 2.38. The minimum Gasteiger partial charge on any atom is -0.311 e. The van der Waals surface area contributed by atoms with Gasteiger partial charge in [-0.1, -0.05) is 59.7 Å². The number of thiocarbonyl (C=S) groups is 1. The second kappa shape index (κ2) is 10.9. The average Bonchev–Trinajstić information content (AvgIpc) is 3.56. The minimum absolute atomic E-state index is 0.166. The van der Waals surface area contributed by atoms with Crippen LogP contribution in [0.5, 0.6) is 0 Å². The van der Waals surface area contributed by atoms with Crippen molar-refractivity contribution in [2.24, 2.45) is 4.99 Å². The van der Waals surface area contributed by atoms with E-state index < -0.39 is 0 Å². The van der Waals surface area contributed by atoms with Crippen LogP contribution in [0.3, 0.4) is 0 Å². The zero-order chi connectivity index (χ0) is 27.8. The zero-order valence-corrected chi connectivity index (χ0v) is 24.6. The third-order valence-corrected chi connectivity index (χ3v) is 8.64. The zero-order valence-electron chi connectivity index (χ0n) is 22.2. The van der Waals surface area contributed by atoms with Crippen molar-refractivity contribution in [2.45, 2.75) is 20.8 Å². The summed E-state index contributed by atoms with van der Waals surface area (Å²) in [6.45, 7) is 6.62. The highest BCUT2D eigenvalue weighted by atomic mass is 32.2. The fourth-order valence-corrected chi connectivity index (χ4v) is 6.48. The van der Waals surface area contributed by atoms with E-state index >= 15 is 0 Å². The molecule has 6 rings (SSSR count). The number of aryl methyl sites for hydroxylation is 2. The highest BCUT2D eigenvalue weighted by molar-refractivity contribution is 8.35. The topological polar surface area (TPSA) is 61.7 Å². The average molecular weight is 580 g/mol. The van der Waals surface area contributed by atoms with E-state index in [1.54, 1.807) is 4.90 Å². The number of anilines is 3. The summed E-state index contributed by atoms with van der Waals surface area (Å²) in [5.41, 5.74) is 9.73. The Morgan fingerprint density at radius 2 is 1.35 bits per heavy atom. The Bertz CT molecular complexity index is 1710. The molecule has 198 valence electrons. The van der Waals surface area contributed by atoms with Gasteiger partial charge in [-0.25, -0.2) is 4.99 Å². The SMILES string of the molecule is CCN1C(=O)C(=Nc2ccc(-c3ccc(N(c4ccc(C)cc4)c4ccc(C)cc4)cc3)c3nsnc23)SC1=S. The van der Waals surface area contributed by atoms with Crippen molar-refractivity contribution in [3.8, 4) is 11.1 Å². The van der Waals surface area contributed by atoms with E-state index in [0.29, 0.717) is 27.1 Å². The Hall–Kier alpha value is -3.92. The van der Waals surface area contributed by atoms with Crippen molar-refractivity contribution in [1.82, 2.24) is 13.6 Å². The molecule has 1 saturated heterocycles. The lowest BCUT2D eigenvalue weighted by molar-refractivity contribution is -0.119. The molecule has 0 N–H and O–H groups in total. The fourth-order valence-electron chi connectivity index (χ4n) is 4.63. The number of amides is 1. The van der Waals surface area contributed by atoms with Crippen molar-refractivity contribution in [1.29, 1.82) is 0 Å². The Labute approximate surface area is 246 Å². The fraction of sp³-hybridized carbons (Fsp3) is 0.129. The monoisotopic (exact) mass is 579 g/mol. The lowest BCUT2D eigenvalue weighted by atomic mass is 10.0. The van der Waals surface area contributed by atoms with Gasteiger partial charge in [0.1, 0.15) is 15.4 Å². The van der Waals surface area contributed by atoms with Crippen LogP contribution in [0.1, 0.15) is 18.1 Å². The summed E-state index contributed by atoms with van der Waals surface area (Å²) >= 11 is 7.70. The van der Waals surface area contributed by atoms with E-state index in [1.165, 1.54) is 22.9 Å². The third kappa shape index (κ3) is 4.92. The number of rotatable bonds is 6. The lowest BCUT2D eigenvalue weighted by Crippen LogP contribution is -2.29. The number of benzene rings is 4. The Kier molecular flexibility index (Phi) is 7.18. The number of aliphatic imine (C=N–C) groups is 1. The maximum atomic E-state index is 12.7. The van der Waals surface area contributed by atoms with Crippen molar-refractivity contribution >= 4 is 84.8 Å². The van der Waals surface area contributed by atoms with Crippen LogP contribution >= 0.6 is 35.7 Å². The Morgan fingerprint density at radius 3 is 1.90 bits per heavy atom. The van der Waals surface area contributed by atoms with Crippen LogP contribution in [-0.4, -0.2) is 35.5 Å². The number of carbonyl (C=O) groups is 1. The number of nitrogens with zero attached hydrogens (tertiary/aromatic N) is 5. The molecule has 0 spiro atoms. The van der Waals surface area contributed by atoms with Gasteiger partial charge in [0, 0.05) is 29.2 Å². The van der Waals surface area contributed by atoms with Gasteiger partial charge in [-0.05, 0) is 86.6 Å². The summed E-state index contributed by atoms with van der Waals surface area (Å²) in [7, 11) is 0. The maximum Gasteiger partial charge on any atom is 0.284 e. The second-order valence-electron chi connectivity index (χ2n) is 9.48. The van der Waals surface area contributed by atoms with Gasteiger partial charge in [-0.2, -0.15) is 8.75 Å². The molecule has 0 atom stereocenters. The van der Waals surface area contributed by atoms with E-state index in [1.807, 2.05) is 19.1 Å². The van der Waals surface area contributed by atoms with Crippen LogP contribution in [0.4, 0.5) is 22.7 Å². The van der Waals surface area contributed by atoms with Gasteiger partial charge >= 0.3 is 0 Å². The van der Waals surface area contributed by atoms with E-state index in [2.05, 4.69) is 105 Å². The molecule has 0 bridgehead atoms. The summed E-state index contributed by atoms with van der Waals surface area (Å²) in [4.78, 5) is 21.1. The predicted octanol–water partition coefficient (Wildman–Crippen LogP) is 8.36. The first-order chi connectivity index (χ1) is 19.4. The number of aromatic nitrogens is 2. The minimum atomic E-state index is -0.166. The van der Waals surface area contributed by atoms with Crippen LogP contribution in [0.15, 0.2) is 89.9 Å². The van der Waals surface area contributed by atoms with Gasteiger partial charge in [0.15, 0.2) is 5.04 Å². The molecule has 0 unspecified atom stereocenters. The normalized spacial score (nSPS) is 14.5. The van der Waals surface area contributed by atoms with Crippen LogP contribution in [0.2, 0.25) is 0 Å². The molecule has 1 aromatic heterocycles. The highest BCUT2D eigenvalue weighted by Gasteiger charge is 2.32. The van der Waals surface area contributed by atoms with Crippen molar-refractivity contribution in [3.63, 3.8) is 0 Å². The second-order valence-corrected chi connectivity index (χ2v) is 11.6. The molecule has 0 aliphatic carbocycles. The summed E-state index contributed by atoms with van der Waals surface area (Å²) in [5, 5.41) is 0.366. The quantitative estimate of drug-likeness (QED) is 0.188. The number of carbonyl (C=O) groups excluding carboxylic acids is 1. The standard InChI is InChI=1S/C31H25N5OS3/c1-4-35-30(37)29(39-31(35)38)32-26-18-17-25(27-28(26)34-40-33-27)21-9-15-24(16-10-21)36(22-11-5-19(2)6-12-22)23-13-7-20(3)8-14-23/h5-18H,4H2,1-3H3. The molecule has 1 amide bonds. The first kappa shape index (κ1) is 26.3. The van der Waals surface area contributed by atoms with Gasteiger partial charge in [0.25, 0.3) is 5.91 Å². The van der Waals surface area contributed by atoms with Crippen LogP contribution < -0.4 is 4.90 Å². The summed E-state index contributed by atoms with van der Waals surface area (Å²) < 4.78 is 9.63. The maximum absolute atomic E-state index is 12.7. The summed E-state index contributed by atoms with van der Waals surface area (Å²) in [6, 6.07) is 29.5. The number of hydrogen-bond acceptors (Lipinski definition) is 8. The summed E-state index contributed by atoms with van der Waals surface area (Å²) in [6.07, 6.45) is 0. The molecule has 0 saturated carbocycles. The number of hydrogen-bond donors (Lipinski definition) is 0. The first-order valence-corrected chi connectivity index (χ1v) is 14.8. The molecular weight excluding hydrogens is 555 g/mol. The molecule has 40 heavy (non-hydrogen) atoms. The lowest BCUT2D eigenvalue weighted by Gasteiger charge is -2.26. The van der Waals surface area contributed by atoms with Gasteiger partial charge in [-0.3, -0.25) is 9.69 Å². The molecule has 4 aromatic carbocycles. The molecule has 9 heteroatoms. The Morgan fingerprint density at radius 1 is 0.800 bits per heavy atom. The van der Waals surface area contributed by atoms with Gasteiger partial charge in [0.2, 0.25) is 0 Å². The van der Waals surface area contributed by atoms with Crippen molar-refractivity contribution in [3.05, 3.63) is 96.1 Å². The molecule has 0 radical (unpaired) electrons. The van der Waals surface area contributed by atoms with Crippen molar-refractivity contribution < 1.29 is 4.79 Å². The summed E-state index contributed by atoms with van der Waals surface area (Å²) in [5.74, 6) is -0.166. The van der Waals surface area contributed by atoms with E-state index in [-0.39, 0.29) is 5.91 Å². The van der Waals surface area contributed by atoms with E-state index in [0.717, 1.165) is 45.4 Å². The smallest absolute Gasteiger partial charge is 0.284 e. The molecule has 2 heterocycles. The molecule has 6 nitrogen and oxygen atoms in total. The first-order valence-electron chi connectivity index (χ1n) is 12.8. The number of thioether (sulfide) groups is 1. The predicted molar refractivity (Wildman–Crippen MR) is 172 cm³/mol.